The van der Waals surface area contributed by atoms with E-state index in [2.05, 4.69) is 10.6 Å². The van der Waals surface area contributed by atoms with Gasteiger partial charge in [0.15, 0.2) is 6.61 Å². The minimum absolute atomic E-state index is 0.103. The van der Waals surface area contributed by atoms with Crippen molar-refractivity contribution in [1.82, 2.24) is 5.32 Å². The highest BCUT2D eigenvalue weighted by Crippen LogP contribution is 2.39. The summed E-state index contributed by atoms with van der Waals surface area (Å²) in [5.74, 6) is -0.973. The van der Waals surface area contributed by atoms with Crippen molar-refractivity contribution < 1.29 is 34.4 Å². The van der Waals surface area contributed by atoms with E-state index in [1.165, 1.54) is 24.3 Å². The average molecular weight is 459 g/mol. The number of fused-ring (bicyclic) bond motifs is 1. The Hall–Kier alpha value is -3.30. The van der Waals surface area contributed by atoms with Crippen molar-refractivity contribution in [2.24, 2.45) is 0 Å². The Kier molecular flexibility index (Phi) is 7.45. The number of amides is 1. The molecule has 2 aromatic carbocycles. The molecule has 0 spiro atoms. The number of aliphatic hydroxyl groups is 1. The van der Waals surface area contributed by atoms with Crippen LogP contribution < -0.4 is 15.4 Å². The maximum Gasteiger partial charge on any atom is 0.313 e. The van der Waals surface area contributed by atoms with Gasteiger partial charge in [-0.2, -0.15) is 0 Å². The molecule has 3 rings (SSSR count). The Labute approximate surface area is 192 Å². The number of hydrogen-bond acceptors (Lipinski definition) is 8. The first kappa shape index (κ1) is 24.3. The van der Waals surface area contributed by atoms with Gasteiger partial charge >= 0.3 is 5.97 Å². The highest BCUT2D eigenvalue weighted by molar-refractivity contribution is 5.96. The second-order valence-electron chi connectivity index (χ2n) is 8.63. The predicted octanol–water partition coefficient (Wildman–Crippen LogP) is 2.57. The third-order valence-electron chi connectivity index (χ3n) is 5.44. The number of rotatable bonds is 9. The zero-order chi connectivity index (χ0) is 24.2. The van der Waals surface area contributed by atoms with Crippen molar-refractivity contribution in [2.45, 2.75) is 44.8 Å². The molecule has 9 heteroatoms. The SMILES string of the molecule is CCOC(=O)C(CC(C)(C)NCC(O)c1cc(O)cc2c1OCC(=O)N2)c1ccc(O)cc1. The van der Waals surface area contributed by atoms with Crippen LogP contribution in [-0.4, -0.2) is 52.5 Å². The first-order valence-corrected chi connectivity index (χ1v) is 10.8. The molecule has 2 atom stereocenters. The quantitative estimate of drug-likeness (QED) is 0.362. The highest BCUT2D eigenvalue weighted by atomic mass is 16.5. The van der Waals surface area contributed by atoms with Gasteiger partial charge in [0.2, 0.25) is 0 Å². The number of phenolic OH excluding ortho intramolecular Hbond substituents is 2. The molecule has 0 saturated carbocycles. The molecular formula is C24H30N2O7. The lowest BCUT2D eigenvalue weighted by Crippen LogP contribution is -2.44. The summed E-state index contributed by atoms with van der Waals surface area (Å²) >= 11 is 0. The van der Waals surface area contributed by atoms with Crippen molar-refractivity contribution >= 4 is 17.6 Å². The van der Waals surface area contributed by atoms with Crippen LogP contribution in [0.1, 0.15) is 50.3 Å². The van der Waals surface area contributed by atoms with Gasteiger partial charge in [0.05, 0.1) is 24.3 Å². The van der Waals surface area contributed by atoms with E-state index in [-0.39, 0.29) is 43.1 Å². The summed E-state index contributed by atoms with van der Waals surface area (Å²) in [5.41, 5.74) is 0.762. The number of esters is 1. The van der Waals surface area contributed by atoms with Crippen LogP contribution >= 0.6 is 0 Å². The largest absolute Gasteiger partial charge is 0.508 e. The maximum atomic E-state index is 12.6. The molecular weight excluding hydrogens is 428 g/mol. The Morgan fingerprint density at radius 3 is 2.58 bits per heavy atom. The molecule has 1 aliphatic rings. The van der Waals surface area contributed by atoms with Crippen molar-refractivity contribution in [3.8, 4) is 17.2 Å². The molecule has 0 bridgehead atoms. The molecule has 2 aromatic rings. The summed E-state index contributed by atoms with van der Waals surface area (Å²) < 4.78 is 10.7. The number of benzene rings is 2. The summed E-state index contributed by atoms with van der Waals surface area (Å²) in [6.07, 6.45) is -0.677. The number of aliphatic hydroxyl groups excluding tert-OH is 1. The van der Waals surface area contributed by atoms with Crippen molar-refractivity contribution in [2.75, 3.05) is 25.1 Å². The lowest BCUT2D eigenvalue weighted by atomic mass is 9.85. The number of ether oxygens (including phenoxy) is 2. The second-order valence-corrected chi connectivity index (χ2v) is 8.63. The number of hydrogen-bond donors (Lipinski definition) is 5. The van der Waals surface area contributed by atoms with Gasteiger partial charge in [-0.05, 0) is 51.0 Å². The van der Waals surface area contributed by atoms with Gasteiger partial charge in [-0.15, -0.1) is 0 Å². The van der Waals surface area contributed by atoms with Gasteiger partial charge in [0, 0.05) is 23.7 Å². The van der Waals surface area contributed by atoms with E-state index in [9.17, 15) is 24.9 Å². The number of phenols is 2. The summed E-state index contributed by atoms with van der Waals surface area (Å²) in [6, 6.07) is 9.18. The molecule has 0 radical (unpaired) electrons. The number of carbonyl (C=O) groups excluding carboxylic acids is 2. The lowest BCUT2D eigenvalue weighted by molar-refractivity contribution is -0.145. The lowest BCUT2D eigenvalue weighted by Gasteiger charge is -2.32. The van der Waals surface area contributed by atoms with Crippen molar-refractivity contribution in [1.29, 1.82) is 0 Å². The molecule has 33 heavy (non-hydrogen) atoms. The van der Waals surface area contributed by atoms with Crippen LogP contribution in [0.3, 0.4) is 0 Å². The molecule has 0 saturated heterocycles. The van der Waals surface area contributed by atoms with E-state index in [1.54, 1.807) is 19.1 Å². The van der Waals surface area contributed by atoms with Crippen LogP contribution in [0.15, 0.2) is 36.4 Å². The normalized spacial score (nSPS) is 15.1. The standard InChI is InChI=1S/C24H30N2O7/c1-4-32-23(31)18(14-5-7-15(27)8-6-14)11-24(2,3)25-12-20(29)17-9-16(28)10-19-22(17)33-13-21(30)26-19/h5-10,18,20,25,27-29H,4,11-13H2,1-3H3,(H,26,30). The monoisotopic (exact) mass is 458 g/mol. The van der Waals surface area contributed by atoms with Gasteiger partial charge in [0.25, 0.3) is 5.91 Å². The number of nitrogens with one attached hydrogen (secondary N) is 2. The molecule has 0 aliphatic carbocycles. The number of anilines is 1. The molecule has 0 aromatic heterocycles. The average Bonchev–Trinajstić information content (AvgIpc) is 2.76. The highest BCUT2D eigenvalue weighted by Gasteiger charge is 2.31. The second kappa shape index (κ2) is 10.1. The Morgan fingerprint density at radius 1 is 1.21 bits per heavy atom. The number of β-amino-alcohol motifs (C(OH)–C–C–N with tert-alkyl or cyclic N) is 1. The van der Waals surface area contributed by atoms with Gasteiger partial charge in [0.1, 0.15) is 17.2 Å². The fourth-order valence-electron chi connectivity index (χ4n) is 3.81. The van der Waals surface area contributed by atoms with Crippen LogP contribution in [0.2, 0.25) is 0 Å². The van der Waals surface area contributed by atoms with Gasteiger partial charge in [-0.25, -0.2) is 0 Å². The van der Waals surface area contributed by atoms with Gasteiger partial charge < -0.3 is 35.4 Å². The Bertz CT molecular complexity index is 1000. The van der Waals surface area contributed by atoms with Crippen molar-refractivity contribution in [3.63, 3.8) is 0 Å². The van der Waals surface area contributed by atoms with Crippen LogP contribution in [0.5, 0.6) is 17.2 Å². The molecule has 5 N–H and O–H groups in total. The first-order chi connectivity index (χ1) is 15.6. The number of carbonyl (C=O) groups is 2. The summed E-state index contributed by atoms with van der Waals surface area (Å²) in [6.45, 7) is 5.72. The molecule has 1 aliphatic heterocycles. The van der Waals surface area contributed by atoms with E-state index in [1.807, 2.05) is 13.8 Å². The zero-order valence-corrected chi connectivity index (χ0v) is 18.9. The van der Waals surface area contributed by atoms with Gasteiger partial charge in [-0.3, -0.25) is 9.59 Å². The van der Waals surface area contributed by atoms with Crippen molar-refractivity contribution in [3.05, 3.63) is 47.5 Å². The van der Waals surface area contributed by atoms with Crippen LogP contribution in [0.25, 0.3) is 0 Å². The molecule has 1 heterocycles. The third-order valence-corrected chi connectivity index (χ3v) is 5.44. The van der Waals surface area contributed by atoms with Crippen LogP contribution in [0, 0.1) is 0 Å². The molecule has 0 fully saturated rings. The van der Waals surface area contributed by atoms with E-state index in [0.717, 1.165) is 0 Å². The Balaban J connectivity index is 1.73. The zero-order valence-electron chi connectivity index (χ0n) is 18.9. The minimum Gasteiger partial charge on any atom is -0.508 e. The van der Waals surface area contributed by atoms with E-state index in [0.29, 0.717) is 29.0 Å². The minimum atomic E-state index is -1.05. The molecule has 9 nitrogen and oxygen atoms in total. The summed E-state index contributed by atoms with van der Waals surface area (Å²) in [4.78, 5) is 24.2. The van der Waals surface area contributed by atoms with Gasteiger partial charge in [-0.1, -0.05) is 12.1 Å². The summed E-state index contributed by atoms with van der Waals surface area (Å²) in [5, 5.41) is 36.3. The Morgan fingerprint density at radius 2 is 1.91 bits per heavy atom. The van der Waals surface area contributed by atoms with E-state index < -0.39 is 17.6 Å². The molecule has 2 unspecified atom stereocenters. The smallest absolute Gasteiger partial charge is 0.313 e. The fraction of sp³-hybridized carbons (Fsp3) is 0.417. The third kappa shape index (κ3) is 6.15. The predicted molar refractivity (Wildman–Crippen MR) is 121 cm³/mol. The molecule has 178 valence electrons. The van der Waals surface area contributed by atoms with Crippen LogP contribution in [0.4, 0.5) is 5.69 Å². The van der Waals surface area contributed by atoms with E-state index in [4.69, 9.17) is 9.47 Å². The number of aromatic hydroxyl groups is 2. The summed E-state index contributed by atoms with van der Waals surface area (Å²) in [7, 11) is 0. The topological polar surface area (TPSA) is 137 Å². The molecule has 1 amide bonds. The van der Waals surface area contributed by atoms with E-state index >= 15 is 0 Å². The van der Waals surface area contributed by atoms with Crippen LogP contribution in [-0.2, 0) is 14.3 Å². The first-order valence-electron chi connectivity index (χ1n) is 10.8. The fourth-order valence-corrected chi connectivity index (χ4v) is 3.81. The maximum absolute atomic E-state index is 12.6.